The summed E-state index contributed by atoms with van der Waals surface area (Å²) >= 11 is 0. The lowest BCUT2D eigenvalue weighted by Gasteiger charge is -2.41. The van der Waals surface area contributed by atoms with E-state index in [1.165, 1.54) is 0 Å². The van der Waals surface area contributed by atoms with E-state index in [0.717, 1.165) is 5.56 Å². The Morgan fingerprint density at radius 2 is 2.00 bits per heavy atom. The molecule has 0 aliphatic carbocycles. The Morgan fingerprint density at radius 3 is 2.70 bits per heavy atom. The largest absolute Gasteiger partial charge is 0.493 e. The number of aliphatic hydroxyl groups excluding tert-OH is 1. The van der Waals surface area contributed by atoms with Gasteiger partial charge >= 0.3 is 0 Å². The zero-order chi connectivity index (χ0) is 19.4. The van der Waals surface area contributed by atoms with Crippen molar-refractivity contribution >= 4 is 0 Å². The summed E-state index contributed by atoms with van der Waals surface area (Å²) in [5.74, 6) is 1.26. The van der Waals surface area contributed by atoms with Gasteiger partial charge in [-0.3, -0.25) is 9.69 Å². The minimum atomic E-state index is -0.385. The summed E-state index contributed by atoms with van der Waals surface area (Å²) < 4.78 is 18.1. The van der Waals surface area contributed by atoms with Crippen molar-refractivity contribution in [3.05, 3.63) is 58.0 Å². The summed E-state index contributed by atoms with van der Waals surface area (Å²) in [6.45, 7) is 1.53. The average Bonchev–Trinajstić information content (AvgIpc) is 2.70. The normalized spacial score (nSPS) is 20.4. The summed E-state index contributed by atoms with van der Waals surface area (Å²) in [6, 6.07) is 9.20. The number of ether oxygens (including phenoxy) is 3. The van der Waals surface area contributed by atoms with Gasteiger partial charge in [-0.25, -0.2) is 0 Å². The van der Waals surface area contributed by atoms with Crippen LogP contribution in [0.1, 0.15) is 17.2 Å². The summed E-state index contributed by atoms with van der Waals surface area (Å²) in [4.78, 5) is 14.6. The van der Waals surface area contributed by atoms with Crippen LogP contribution in [0.2, 0.25) is 0 Å². The first-order valence-electron chi connectivity index (χ1n) is 8.92. The number of aliphatic hydroxyl groups is 1. The number of benzene rings is 1. The van der Waals surface area contributed by atoms with Gasteiger partial charge in [-0.05, 0) is 23.8 Å². The Bertz CT molecular complexity index is 835. The van der Waals surface area contributed by atoms with Gasteiger partial charge in [-0.15, -0.1) is 0 Å². The lowest BCUT2D eigenvalue weighted by atomic mass is 9.97. The van der Waals surface area contributed by atoms with Crippen LogP contribution < -0.4 is 15.0 Å². The highest BCUT2D eigenvalue weighted by atomic mass is 16.5. The first kappa shape index (κ1) is 19.4. The molecule has 2 atom stereocenters. The molecule has 0 amide bonds. The molecule has 0 bridgehead atoms. The van der Waals surface area contributed by atoms with Gasteiger partial charge in [0.2, 0.25) is 0 Å². The molecular formula is C20H26N2O5. The molecule has 1 aromatic heterocycles. The molecule has 7 heteroatoms. The molecule has 2 aromatic rings. The molecule has 3 rings (SSSR count). The van der Waals surface area contributed by atoms with E-state index in [-0.39, 0.29) is 24.3 Å². The highest BCUT2D eigenvalue weighted by molar-refractivity contribution is 5.44. The molecule has 0 unspecified atom stereocenters. The maximum atomic E-state index is 12.4. The van der Waals surface area contributed by atoms with Crippen LogP contribution in [0.15, 0.2) is 41.3 Å². The predicted octanol–water partition coefficient (Wildman–Crippen LogP) is 1.34. The van der Waals surface area contributed by atoms with Crippen LogP contribution in [0.25, 0.3) is 0 Å². The maximum absolute atomic E-state index is 12.4. The van der Waals surface area contributed by atoms with E-state index in [1.54, 1.807) is 32.0 Å². The van der Waals surface area contributed by atoms with E-state index in [0.29, 0.717) is 36.8 Å². The van der Waals surface area contributed by atoms with Crippen LogP contribution in [0, 0.1) is 0 Å². The Kier molecular flexibility index (Phi) is 6.15. The standard InChI is InChI=1S/C20H26N2O5/c1-21-8-4-5-15(20(21)24)12-22-9-10-27-18(13-23)19(22)14-6-7-16(25-2)17(11-14)26-3/h4-8,11,18-19,23H,9-10,12-13H2,1-3H3/t18-,19-/m0/s1. The quantitative estimate of drug-likeness (QED) is 0.823. The summed E-state index contributed by atoms with van der Waals surface area (Å²) in [5, 5.41) is 9.86. The minimum absolute atomic E-state index is 0.0180. The summed E-state index contributed by atoms with van der Waals surface area (Å²) in [5.41, 5.74) is 1.64. The van der Waals surface area contributed by atoms with E-state index in [1.807, 2.05) is 30.3 Å². The summed E-state index contributed by atoms with van der Waals surface area (Å²) in [7, 11) is 4.93. The molecule has 1 aromatic carbocycles. The zero-order valence-corrected chi connectivity index (χ0v) is 15.9. The van der Waals surface area contributed by atoms with Gasteiger partial charge in [0.05, 0.1) is 33.5 Å². The fourth-order valence-corrected chi connectivity index (χ4v) is 3.57. The van der Waals surface area contributed by atoms with Crippen molar-refractivity contribution < 1.29 is 19.3 Å². The average molecular weight is 374 g/mol. The number of aryl methyl sites for hydroxylation is 1. The van der Waals surface area contributed by atoms with Gasteiger partial charge in [-0.2, -0.15) is 0 Å². The second-order valence-electron chi connectivity index (χ2n) is 6.57. The minimum Gasteiger partial charge on any atom is -0.493 e. The van der Waals surface area contributed by atoms with Crippen LogP contribution in [0.4, 0.5) is 0 Å². The molecule has 2 heterocycles. The van der Waals surface area contributed by atoms with E-state index < -0.39 is 0 Å². The van der Waals surface area contributed by atoms with Crippen LogP contribution >= 0.6 is 0 Å². The highest BCUT2D eigenvalue weighted by Gasteiger charge is 2.34. The first-order chi connectivity index (χ1) is 13.1. The molecule has 1 aliphatic heterocycles. The highest BCUT2D eigenvalue weighted by Crippen LogP contribution is 2.36. The Labute approximate surface area is 158 Å². The van der Waals surface area contributed by atoms with Crippen molar-refractivity contribution in [2.75, 3.05) is 34.0 Å². The van der Waals surface area contributed by atoms with E-state index in [4.69, 9.17) is 14.2 Å². The summed E-state index contributed by atoms with van der Waals surface area (Å²) in [6.07, 6.45) is 1.36. The third kappa shape index (κ3) is 4.00. The molecule has 0 radical (unpaired) electrons. The molecule has 1 N–H and O–H groups in total. The second-order valence-corrected chi connectivity index (χ2v) is 6.57. The topological polar surface area (TPSA) is 73.2 Å². The third-order valence-corrected chi connectivity index (χ3v) is 4.96. The Morgan fingerprint density at radius 1 is 1.22 bits per heavy atom. The van der Waals surface area contributed by atoms with Crippen molar-refractivity contribution in [3.63, 3.8) is 0 Å². The van der Waals surface area contributed by atoms with Crippen LogP contribution in [0.5, 0.6) is 11.5 Å². The number of rotatable bonds is 6. The monoisotopic (exact) mass is 374 g/mol. The van der Waals surface area contributed by atoms with Crippen LogP contribution in [-0.4, -0.2) is 54.7 Å². The van der Waals surface area contributed by atoms with Crippen LogP contribution in [-0.2, 0) is 18.3 Å². The zero-order valence-electron chi connectivity index (χ0n) is 15.9. The number of pyridine rings is 1. The van der Waals surface area contributed by atoms with E-state index in [9.17, 15) is 9.90 Å². The molecule has 27 heavy (non-hydrogen) atoms. The maximum Gasteiger partial charge on any atom is 0.254 e. The second kappa shape index (κ2) is 8.56. The molecular weight excluding hydrogens is 348 g/mol. The Balaban J connectivity index is 1.97. The number of aromatic nitrogens is 1. The van der Waals surface area contributed by atoms with Crippen molar-refractivity contribution in [1.82, 2.24) is 9.47 Å². The lowest BCUT2D eigenvalue weighted by Crippen LogP contribution is -2.47. The van der Waals surface area contributed by atoms with Gasteiger partial charge in [-0.1, -0.05) is 12.1 Å². The molecule has 0 spiro atoms. The van der Waals surface area contributed by atoms with Gasteiger partial charge < -0.3 is 23.9 Å². The first-order valence-corrected chi connectivity index (χ1v) is 8.92. The molecule has 0 saturated carbocycles. The molecule has 1 aliphatic rings. The number of hydrogen-bond donors (Lipinski definition) is 1. The molecule has 1 saturated heterocycles. The van der Waals surface area contributed by atoms with Gasteiger partial charge in [0.15, 0.2) is 11.5 Å². The van der Waals surface area contributed by atoms with Crippen molar-refractivity contribution in [3.8, 4) is 11.5 Å². The number of hydrogen-bond acceptors (Lipinski definition) is 6. The van der Waals surface area contributed by atoms with E-state index >= 15 is 0 Å². The van der Waals surface area contributed by atoms with E-state index in [2.05, 4.69) is 4.90 Å². The molecule has 146 valence electrons. The number of methoxy groups -OCH3 is 2. The smallest absolute Gasteiger partial charge is 0.254 e. The number of nitrogens with zero attached hydrogens (tertiary/aromatic N) is 2. The molecule has 1 fully saturated rings. The fraction of sp³-hybridized carbons (Fsp3) is 0.450. The van der Waals surface area contributed by atoms with Crippen molar-refractivity contribution in [1.29, 1.82) is 0 Å². The van der Waals surface area contributed by atoms with Gasteiger partial charge in [0.25, 0.3) is 5.56 Å². The van der Waals surface area contributed by atoms with Crippen LogP contribution in [0.3, 0.4) is 0 Å². The SMILES string of the molecule is COc1ccc([C@H]2[C@H](CO)OCCN2Cc2cccn(C)c2=O)cc1OC. The van der Waals surface area contributed by atoms with Crippen molar-refractivity contribution in [2.45, 2.75) is 18.7 Å². The van der Waals surface area contributed by atoms with Gasteiger partial charge in [0, 0.05) is 31.9 Å². The van der Waals surface area contributed by atoms with Crippen molar-refractivity contribution in [2.24, 2.45) is 7.05 Å². The Hall–Kier alpha value is -2.35. The lowest BCUT2D eigenvalue weighted by molar-refractivity contribution is -0.0962. The van der Waals surface area contributed by atoms with Gasteiger partial charge in [0.1, 0.15) is 6.10 Å². The number of morpholine rings is 1. The predicted molar refractivity (Wildman–Crippen MR) is 101 cm³/mol. The molecule has 7 nitrogen and oxygen atoms in total. The fourth-order valence-electron chi connectivity index (χ4n) is 3.57. The third-order valence-electron chi connectivity index (χ3n) is 4.96.